The van der Waals surface area contributed by atoms with Gasteiger partial charge in [-0.2, -0.15) is 13.2 Å². The molecular formula is C32H27F4N5O4S. The Morgan fingerprint density at radius 1 is 0.935 bits per heavy atom. The van der Waals surface area contributed by atoms with Crippen LogP contribution in [0.2, 0.25) is 0 Å². The second-order valence-corrected chi connectivity index (χ2v) is 11.9. The van der Waals surface area contributed by atoms with E-state index in [0.717, 1.165) is 12.1 Å². The molecule has 5 rings (SSSR count). The van der Waals surface area contributed by atoms with E-state index in [0.29, 0.717) is 35.8 Å². The number of carbonyl (C=O) groups is 2. The molecule has 2 N–H and O–H groups in total. The molecule has 0 saturated carbocycles. The number of imidazole rings is 1. The Morgan fingerprint density at radius 2 is 1.65 bits per heavy atom. The van der Waals surface area contributed by atoms with Crippen LogP contribution in [0.4, 0.5) is 34.9 Å². The molecule has 1 heterocycles. The van der Waals surface area contributed by atoms with Crippen LogP contribution in [0.1, 0.15) is 39.6 Å². The Morgan fingerprint density at radius 3 is 2.37 bits per heavy atom. The molecule has 9 nitrogen and oxygen atoms in total. The molecule has 4 aromatic carbocycles. The molecule has 46 heavy (non-hydrogen) atoms. The molecule has 5 aromatic rings. The first-order valence-electron chi connectivity index (χ1n) is 13.9. The van der Waals surface area contributed by atoms with Gasteiger partial charge in [-0.15, -0.1) is 0 Å². The second-order valence-electron chi connectivity index (χ2n) is 10.2. The standard InChI is InChI=1S/C32H27F4N5O4S/c1-3-17-41-27-16-15-22(40(2)30(43)23-11-4-6-13-25(23)33)19-26(27)37-31(41)38-29(42)20-9-8-10-21(18-20)39-46(44,45)28-14-7-5-12-24(28)32(34,35)36/h4-16,18-19,39H,3,17H2,1-2H3,(H,37,38,42). The highest BCUT2D eigenvalue weighted by atomic mass is 32.2. The van der Waals surface area contributed by atoms with Gasteiger partial charge in [0.25, 0.3) is 21.8 Å². The van der Waals surface area contributed by atoms with Crippen molar-refractivity contribution in [2.45, 2.75) is 31.0 Å². The van der Waals surface area contributed by atoms with Crippen LogP contribution < -0.4 is 14.9 Å². The molecule has 0 aliphatic heterocycles. The molecule has 1 aromatic heterocycles. The Hall–Kier alpha value is -5.24. The molecule has 0 bridgehead atoms. The number of rotatable bonds is 9. The van der Waals surface area contributed by atoms with Gasteiger partial charge in [-0.3, -0.25) is 19.6 Å². The number of benzene rings is 4. The van der Waals surface area contributed by atoms with Crippen LogP contribution in [-0.4, -0.2) is 36.8 Å². The van der Waals surface area contributed by atoms with Gasteiger partial charge in [0.2, 0.25) is 5.95 Å². The van der Waals surface area contributed by atoms with Gasteiger partial charge >= 0.3 is 6.18 Å². The highest BCUT2D eigenvalue weighted by molar-refractivity contribution is 7.92. The van der Waals surface area contributed by atoms with Gasteiger partial charge in [0, 0.05) is 30.5 Å². The third-order valence-corrected chi connectivity index (χ3v) is 8.50. The monoisotopic (exact) mass is 653 g/mol. The number of halogens is 4. The molecule has 14 heteroatoms. The number of amides is 2. The number of fused-ring (bicyclic) bond motifs is 1. The Kier molecular flexibility index (Phi) is 8.83. The zero-order chi connectivity index (χ0) is 33.2. The lowest BCUT2D eigenvalue weighted by atomic mass is 10.1. The predicted molar refractivity (Wildman–Crippen MR) is 166 cm³/mol. The van der Waals surface area contributed by atoms with Gasteiger partial charge in [-0.05, 0) is 67.1 Å². The fourth-order valence-corrected chi connectivity index (χ4v) is 6.13. The molecular weight excluding hydrogens is 626 g/mol. The SMILES string of the molecule is CCCn1c(NC(=O)c2cccc(NS(=O)(=O)c3ccccc3C(F)(F)F)c2)nc2cc(N(C)C(=O)c3ccccc3F)ccc21. The number of aryl methyl sites for hydroxylation is 1. The van der Waals surface area contributed by atoms with Crippen LogP contribution in [0.25, 0.3) is 11.0 Å². The summed E-state index contributed by atoms with van der Waals surface area (Å²) in [6, 6.07) is 19.7. The molecule has 0 saturated heterocycles. The summed E-state index contributed by atoms with van der Waals surface area (Å²) in [6.45, 7) is 2.40. The van der Waals surface area contributed by atoms with Crippen LogP contribution in [0.3, 0.4) is 0 Å². The number of hydrogen-bond donors (Lipinski definition) is 2. The Labute approximate surface area is 261 Å². The average Bonchev–Trinajstić information content (AvgIpc) is 3.36. The van der Waals surface area contributed by atoms with Crippen LogP contribution in [0.5, 0.6) is 0 Å². The highest BCUT2D eigenvalue weighted by Crippen LogP contribution is 2.35. The van der Waals surface area contributed by atoms with E-state index in [1.54, 1.807) is 28.8 Å². The minimum Gasteiger partial charge on any atom is -0.311 e. The van der Waals surface area contributed by atoms with E-state index in [-0.39, 0.29) is 22.8 Å². The fraction of sp³-hybridized carbons (Fsp3) is 0.156. The van der Waals surface area contributed by atoms with Crippen molar-refractivity contribution in [3.05, 3.63) is 114 Å². The zero-order valence-electron chi connectivity index (χ0n) is 24.5. The van der Waals surface area contributed by atoms with Crippen LogP contribution >= 0.6 is 0 Å². The first-order chi connectivity index (χ1) is 21.8. The van der Waals surface area contributed by atoms with Gasteiger partial charge in [0.05, 0.1) is 27.1 Å². The first-order valence-corrected chi connectivity index (χ1v) is 15.4. The topological polar surface area (TPSA) is 113 Å². The van der Waals surface area contributed by atoms with E-state index in [1.165, 1.54) is 60.5 Å². The number of aromatic nitrogens is 2. The van der Waals surface area contributed by atoms with Crippen LogP contribution in [0, 0.1) is 5.82 Å². The number of carbonyl (C=O) groups excluding carboxylic acids is 2. The maximum Gasteiger partial charge on any atom is 0.417 e. The van der Waals surface area contributed by atoms with Crippen molar-refractivity contribution in [1.82, 2.24) is 9.55 Å². The van der Waals surface area contributed by atoms with Crippen LogP contribution in [0.15, 0.2) is 95.9 Å². The maximum atomic E-state index is 14.2. The van der Waals surface area contributed by atoms with E-state index in [4.69, 9.17) is 0 Å². The summed E-state index contributed by atoms with van der Waals surface area (Å²) >= 11 is 0. The lowest BCUT2D eigenvalue weighted by molar-refractivity contribution is -0.139. The van der Waals surface area contributed by atoms with E-state index < -0.39 is 44.3 Å². The number of nitrogens with one attached hydrogen (secondary N) is 2. The van der Waals surface area contributed by atoms with Gasteiger partial charge in [0.15, 0.2) is 0 Å². The number of nitrogens with zero attached hydrogens (tertiary/aromatic N) is 3. The van der Waals surface area contributed by atoms with Crippen molar-refractivity contribution < 1.29 is 35.6 Å². The summed E-state index contributed by atoms with van der Waals surface area (Å²) in [7, 11) is -3.16. The number of anilines is 3. The lowest BCUT2D eigenvalue weighted by Crippen LogP contribution is -2.27. The van der Waals surface area contributed by atoms with Crippen molar-refractivity contribution >= 4 is 50.2 Å². The summed E-state index contributed by atoms with van der Waals surface area (Å²) in [5.41, 5.74) is -0.00126. The third-order valence-electron chi connectivity index (χ3n) is 7.06. The van der Waals surface area contributed by atoms with Crippen molar-refractivity contribution in [3.63, 3.8) is 0 Å². The van der Waals surface area contributed by atoms with Crippen molar-refractivity contribution in [3.8, 4) is 0 Å². The van der Waals surface area contributed by atoms with E-state index in [2.05, 4.69) is 15.0 Å². The summed E-state index contributed by atoms with van der Waals surface area (Å²) in [4.78, 5) is 31.1. The summed E-state index contributed by atoms with van der Waals surface area (Å²) in [5, 5.41) is 2.71. The molecule has 238 valence electrons. The van der Waals surface area contributed by atoms with E-state index >= 15 is 0 Å². The highest BCUT2D eigenvalue weighted by Gasteiger charge is 2.37. The first kappa shape index (κ1) is 32.2. The van der Waals surface area contributed by atoms with Crippen molar-refractivity contribution in [1.29, 1.82) is 0 Å². The van der Waals surface area contributed by atoms with Crippen molar-refractivity contribution in [2.24, 2.45) is 0 Å². The fourth-order valence-electron chi connectivity index (χ4n) is 4.85. The van der Waals surface area contributed by atoms with Gasteiger partial charge < -0.3 is 9.47 Å². The summed E-state index contributed by atoms with van der Waals surface area (Å²) in [6.07, 6.45) is -4.22. The normalized spacial score (nSPS) is 11.8. The summed E-state index contributed by atoms with van der Waals surface area (Å²) < 4.78 is 84.3. The van der Waals surface area contributed by atoms with Gasteiger partial charge in [0.1, 0.15) is 5.82 Å². The molecule has 2 amide bonds. The van der Waals surface area contributed by atoms with E-state index in [1.807, 2.05) is 6.92 Å². The van der Waals surface area contributed by atoms with Gasteiger partial charge in [-0.25, -0.2) is 17.8 Å². The molecule has 0 radical (unpaired) electrons. The third kappa shape index (κ3) is 6.56. The number of hydrogen-bond acceptors (Lipinski definition) is 5. The zero-order valence-corrected chi connectivity index (χ0v) is 25.3. The summed E-state index contributed by atoms with van der Waals surface area (Å²) in [5.74, 6) is -1.69. The van der Waals surface area contributed by atoms with Crippen LogP contribution in [-0.2, 0) is 22.7 Å². The predicted octanol–water partition coefficient (Wildman–Crippen LogP) is 6.93. The van der Waals surface area contributed by atoms with Gasteiger partial charge in [-0.1, -0.05) is 37.3 Å². The molecule has 0 spiro atoms. The maximum absolute atomic E-state index is 14.2. The second kappa shape index (κ2) is 12.6. The lowest BCUT2D eigenvalue weighted by Gasteiger charge is -2.18. The Balaban J connectivity index is 1.40. The van der Waals surface area contributed by atoms with Crippen molar-refractivity contribution in [2.75, 3.05) is 22.0 Å². The largest absolute Gasteiger partial charge is 0.417 e. The molecule has 0 fully saturated rings. The number of sulfonamides is 1. The minimum atomic E-state index is -4.90. The smallest absolute Gasteiger partial charge is 0.311 e. The molecule has 0 unspecified atom stereocenters. The average molecular weight is 654 g/mol. The minimum absolute atomic E-state index is 0.00955. The quantitative estimate of drug-likeness (QED) is 0.168. The molecule has 0 aliphatic rings. The number of alkyl halides is 3. The van der Waals surface area contributed by atoms with E-state index in [9.17, 15) is 35.6 Å². The molecule has 0 aliphatic carbocycles. The Bertz CT molecular complexity index is 2060. The molecule has 0 atom stereocenters.